The Hall–Kier alpha value is -3.40. The van der Waals surface area contributed by atoms with Gasteiger partial charge < -0.3 is 11.5 Å². The third-order valence-electron chi connectivity index (χ3n) is 3.17. The van der Waals surface area contributed by atoms with Crippen molar-refractivity contribution in [3.05, 3.63) is 53.9 Å². The highest BCUT2D eigenvalue weighted by atomic mass is 15.3. The molecular weight excluding hydrogens is 278 g/mol. The Bertz CT molecular complexity index is 847. The first-order valence-corrected chi connectivity index (χ1v) is 6.57. The Morgan fingerprint density at radius 1 is 1.18 bits per heavy atom. The molecule has 7 heteroatoms. The smallest absolute Gasteiger partial charge is 0.222 e. The molecule has 0 amide bonds. The number of aromatic nitrogens is 4. The highest BCUT2D eigenvalue weighted by molar-refractivity contribution is 5.73. The van der Waals surface area contributed by atoms with Gasteiger partial charge in [0.1, 0.15) is 17.5 Å². The van der Waals surface area contributed by atoms with E-state index < -0.39 is 0 Å². The summed E-state index contributed by atoms with van der Waals surface area (Å²) in [6.07, 6.45) is 3.61. The van der Waals surface area contributed by atoms with E-state index >= 15 is 0 Å². The van der Waals surface area contributed by atoms with Gasteiger partial charge in [0.25, 0.3) is 0 Å². The van der Waals surface area contributed by atoms with Crippen molar-refractivity contribution in [1.82, 2.24) is 19.7 Å². The van der Waals surface area contributed by atoms with E-state index in [0.29, 0.717) is 12.2 Å². The van der Waals surface area contributed by atoms with Crippen LogP contribution in [0, 0.1) is 11.3 Å². The molecule has 4 N–H and O–H groups in total. The number of anilines is 2. The normalized spacial score (nSPS) is 10.3. The predicted molar refractivity (Wildman–Crippen MR) is 82.3 cm³/mol. The maximum Gasteiger partial charge on any atom is 0.222 e. The molecule has 3 aromatic rings. The molecule has 3 rings (SSSR count). The molecule has 0 saturated heterocycles. The molecule has 1 aromatic carbocycles. The molecule has 0 aliphatic carbocycles. The molecule has 108 valence electrons. The van der Waals surface area contributed by atoms with E-state index in [2.05, 4.69) is 15.1 Å². The number of hydrogen-bond acceptors (Lipinski definition) is 6. The van der Waals surface area contributed by atoms with E-state index in [-0.39, 0.29) is 17.3 Å². The second-order valence-corrected chi connectivity index (χ2v) is 4.71. The Labute approximate surface area is 126 Å². The second-order valence-electron chi connectivity index (χ2n) is 4.71. The fraction of sp³-hybridized carbons (Fsp3) is 0.0667. The summed E-state index contributed by atoms with van der Waals surface area (Å²) in [5.41, 5.74) is 13.9. The fourth-order valence-electron chi connectivity index (χ4n) is 2.21. The molecule has 2 aromatic heterocycles. The summed E-state index contributed by atoms with van der Waals surface area (Å²) in [6.45, 7) is 0.624. The van der Waals surface area contributed by atoms with Crippen molar-refractivity contribution >= 4 is 11.8 Å². The lowest BCUT2D eigenvalue weighted by atomic mass is 10.0. The molecule has 0 radical (unpaired) electrons. The maximum absolute atomic E-state index is 9.26. The summed E-state index contributed by atoms with van der Waals surface area (Å²) < 4.78 is 1.81. The summed E-state index contributed by atoms with van der Waals surface area (Å²) in [5, 5.41) is 13.4. The average molecular weight is 291 g/mol. The lowest BCUT2D eigenvalue weighted by molar-refractivity contribution is 0.687. The summed E-state index contributed by atoms with van der Waals surface area (Å²) in [4.78, 5) is 7.98. The van der Waals surface area contributed by atoms with Gasteiger partial charge in [-0.15, -0.1) is 0 Å². The number of benzene rings is 1. The third-order valence-corrected chi connectivity index (χ3v) is 3.17. The van der Waals surface area contributed by atoms with Crippen LogP contribution in [0.5, 0.6) is 0 Å². The SMILES string of the molecule is N#Cc1c(N)nc(N)nc1-c1cccc(Cn2cccn2)c1. The van der Waals surface area contributed by atoms with Crippen LogP contribution in [-0.2, 0) is 6.54 Å². The molecule has 0 bridgehead atoms. The zero-order valence-electron chi connectivity index (χ0n) is 11.6. The van der Waals surface area contributed by atoms with E-state index in [1.807, 2.05) is 47.3 Å². The van der Waals surface area contributed by atoms with E-state index in [0.717, 1.165) is 11.1 Å². The van der Waals surface area contributed by atoms with Gasteiger partial charge in [-0.05, 0) is 17.7 Å². The molecular formula is C15H13N7. The van der Waals surface area contributed by atoms with Gasteiger partial charge in [0.2, 0.25) is 5.95 Å². The molecule has 0 saturated carbocycles. The van der Waals surface area contributed by atoms with Crippen molar-refractivity contribution in [2.75, 3.05) is 11.5 Å². The zero-order valence-corrected chi connectivity index (χ0v) is 11.6. The minimum absolute atomic E-state index is 0.0454. The molecule has 22 heavy (non-hydrogen) atoms. The van der Waals surface area contributed by atoms with Crippen LogP contribution in [0.4, 0.5) is 11.8 Å². The Kier molecular flexibility index (Phi) is 3.42. The van der Waals surface area contributed by atoms with Gasteiger partial charge in [0.15, 0.2) is 0 Å². The molecule has 7 nitrogen and oxygen atoms in total. The standard InChI is InChI=1S/C15H13N7/c16-8-12-13(20-15(18)21-14(12)17)11-4-1-3-10(7-11)9-22-6-2-5-19-22/h1-7H,9H2,(H4,17,18,20,21). The van der Waals surface area contributed by atoms with Crippen molar-refractivity contribution in [3.63, 3.8) is 0 Å². The van der Waals surface area contributed by atoms with Gasteiger partial charge in [-0.2, -0.15) is 15.3 Å². The number of rotatable bonds is 3. The first-order valence-electron chi connectivity index (χ1n) is 6.57. The number of hydrogen-bond donors (Lipinski definition) is 2. The maximum atomic E-state index is 9.26. The first kappa shape index (κ1) is 13.6. The molecule has 0 unspecified atom stereocenters. The number of nitriles is 1. The molecule has 0 atom stereocenters. The van der Waals surface area contributed by atoms with Crippen LogP contribution in [0.1, 0.15) is 11.1 Å². The highest BCUT2D eigenvalue weighted by Crippen LogP contribution is 2.26. The van der Waals surface area contributed by atoms with Crippen molar-refractivity contribution in [1.29, 1.82) is 5.26 Å². The van der Waals surface area contributed by atoms with Crippen LogP contribution in [0.3, 0.4) is 0 Å². The van der Waals surface area contributed by atoms with Gasteiger partial charge in [0, 0.05) is 18.0 Å². The third kappa shape index (κ3) is 2.58. The average Bonchev–Trinajstić information content (AvgIpc) is 3.00. The van der Waals surface area contributed by atoms with E-state index in [4.69, 9.17) is 11.5 Å². The molecule has 2 heterocycles. The molecule has 0 fully saturated rings. The van der Waals surface area contributed by atoms with Crippen LogP contribution in [0.2, 0.25) is 0 Å². The number of nitrogens with two attached hydrogens (primary N) is 2. The van der Waals surface area contributed by atoms with E-state index in [1.54, 1.807) is 6.20 Å². The highest BCUT2D eigenvalue weighted by Gasteiger charge is 2.13. The summed E-state index contributed by atoms with van der Waals surface area (Å²) in [5.74, 6) is 0.131. The lowest BCUT2D eigenvalue weighted by Gasteiger charge is -2.08. The number of nitrogens with zero attached hydrogens (tertiary/aromatic N) is 5. The largest absolute Gasteiger partial charge is 0.382 e. The summed E-state index contributed by atoms with van der Waals surface area (Å²) in [7, 11) is 0. The van der Waals surface area contributed by atoms with Crippen LogP contribution in [0.15, 0.2) is 42.7 Å². The van der Waals surface area contributed by atoms with Crippen LogP contribution < -0.4 is 11.5 Å². The van der Waals surface area contributed by atoms with Crippen molar-refractivity contribution < 1.29 is 0 Å². The predicted octanol–water partition coefficient (Wildman–Crippen LogP) is 1.42. The van der Waals surface area contributed by atoms with Gasteiger partial charge >= 0.3 is 0 Å². The van der Waals surface area contributed by atoms with Crippen LogP contribution in [-0.4, -0.2) is 19.7 Å². The minimum Gasteiger partial charge on any atom is -0.382 e. The van der Waals surface area contributed by atoms with Crippen molar-refractivity contribution in [2.24, 2.45) is 0 Å². The van der Waals surface area contributed by atoms with Gasteiger partial charge in [-0.25, -0.2) is 4.98 Å². The van der Waals surface area contributed by atoms with Gasteiger partial charge in [-0.1, -0.05) is 18.2 Å². The van der Waals surface area contributed by atoms with Crippen LogP contribution in [0.25, 0.3) is 11.3 Å². The van der Waals surface area contributed by atoms with Gasteiger partial charge in [0.05, 0.1) is 12.2 Å². The second kappa shape index (κ2) is 5.54. The molecule has 0 aliphatic heterocycles. The van der Waals surface area contributed by atoms with Crippen molar-refractivity contribution in [3.8, 4) is 17.3 Å². The zero-order chi connectivity index (χ0) is 15.5. The van der Waals surface area contributed by atoms with Crippen LogP contribution >= 0.6 is 0 Å². The first-order chi connectivity index (χ1) is 10.7. The van der Waals surface area contributed by atoms with Crippen molar-refractivity contribution in [2.45, 2.75) is 6.54 Å². The van der Waals surface area contributed by atoms with E-state index in [9.17, 15) is 5.26 Å². The van der Waals surface area contributed by atoms with E-state index in [1.165, 1.54) is 0 Å². The monoisotopic (exact) mass is 291 g/mol. The molecule has 0 aliphatic rings. The van der Waals surface area contributed by atoms with Gasteiger partial charge in [-0.3, -0.25) is 4.68 Å². The Morgan fingerprint density at radius 3 is 2.77 bits per heavy atom. The Morgan fingerprint density at radius 2 is 2.05 bits per heavy atom. The quantitative estimate of drug-likeness (QED) is 0.753. The lowest BCUT2D eigenvalue weighted by Crippen LogP contribution is -2.05. The molecule has 0 spiro atoms. The topological polar surface area (TPSA) is 119 Å². The fourth-order valence-corrected chi connectivity index (χ4v) is 2.21. The number of nitrogen functional groups attached to an aromatic ring is 2. The summed E-state index contributed by atoms with van der Waals surface area (Å²) >= 11 is 0. The minimum atomic E-state index is 0.0454. The summed E-state index contributed by atoms with van der Waals surface area (Å²) in [6, 6.07) is 11.6. The Balaban J connectivity index is 2.04.